The number of carbonyl (C=O) groups is 2. The van der Waals surface area contributed by atoms with E-state index in [1.165, 1.54) is 11.0 Å². The van der Waals surface area contributed by atoms with Crippen molar-refractivity contribution in [2.75, 3.05) is 17.1 Å². The molecule has 1 atom stereocenters. The fourth-order valence-electron chi connectivity index (χ4n) is 4.06. The molecule has 1 aliphatic rings. The van der Waals surface area contributed by atoms with Crippen LogP contribution in [0.4, 0.5) is 10.1 Å². The average Bonchev–Trinajstić information content (AvgIpc) is 3.29. The summed E-state index contributed by atoms with van der Waals surface area (Å²) in [5, 5.41) is 3.19. The molecule has 3 rings (SSSR count). The second-order valence-corrected chi connectivity index (χ2v) is 11.4. The highest BCUT2D eigenvalue weighted by atomic mass is 35.5. The van der Waals surface area contributed by atoms with Gasteiger partial charge in [-0.2, -0.15) is 0 Å². The first-order chi connectivity index (χ1) is 16.5. The van der Waals surface area contributed by atoms with E-state index in [0.29, 0.717) is 10.6 Å². The van der Waals surface area contributed by atoms with Gasteiger partial charge >= 0.3 is 0 Å². The highest BCUT2D eigenvalue weighted by Crippen LogP contribution is 2.25. The number of halogens is 3. The second kappa shape index (κ2) is 11.6. The summed E-state index contributed by atoms with van der Waals surface area (Å²) < 4.78 is 39.6. The first-order valence-electron chi connectivity index (χ1n) is 11.2. The van der Waals surface area contributed by atoms with Crippen LogP contribution in [0.5, 0.6) is 0 Å². The molecule has 1 fully saturated rings. The van der Waals surface area contributed by atoms with E-state index in [0.717, 1.165) is 48.4 Å². The van der Waals surface area contributed by atoms with Crippen molar-refractivity contribution in [3.8, 4) is 0 Å². The van der Waals surface area contributed by atoms with E-state index >= 15 is 0 Å². The molecule has 0 unspecified atom stereocenters. The van der Waals surface area contributed by atoms with E-state index in [1.807, 2.05) is 0 Å². The molecule has 35 heavy (non-hydrogen) atoms. The van der Waals surface area contributed by atoms with Crippen molar-refractivity contribution in [3.05, 3.63) is 63.9 Å². The van der Waals surface area contributed by atoms with Gasteiger partial charge in [0.2, 0.25) is 21.8 Å². The number of sulfonamides is 1. The molecule has 0 saturated heterocycles. The molecular formula is C24H28Cl2FN3O4S. The largest absolute Gasteiger partial charge is 0.352 e. The van der Waals surface area contributed by atoms with Crippen LogP contribution in [0.3, 0.4) is 0 Å². The lowest BCUT2D eigenvalue weighted by molar-refractivity contribution is -0.139. The van der Waals surface area contributed by atoms with Crippen LogP contribution < -0.4 is 9.62 Å². The van der Waals surface area contributed by atoms with Crippen LogP contribution in [-0.4, -0.2) is 50.0 Å². The number of rotatable bonds is 9. The van der Waals surface area contributed by atoms with Crippen molar-refractivity contribution in [2.45, 2.75) is 51.2 Å². The van der Waals surface area contributed by atoms with Crippen LogP contribution in [0.2, 0.25) is 10.0 Å². The van der Waals surface area contributed by atoms with Gasteiger partial charge in [-0.05, 0) is 55.7 Å². The first-order valence-corrected chi connectivity index (χ1v) is 13.8. The highest BCUT2D eigenvalue weighted by molar-refractivity contribution is 7.92. The van der Waals surface area contributed by atoms with Crippen molar-refractivity contribution in [3.63, 3.8) is 0 Å². The number of benzene rings is 2. The number of hydrogen-bond donors (Lipinski definition) is 1. The molecule has 2 aromatic rings. The molecule has 7 nitrogen and oxygen atoms in total. The summed E-state index contributed by atoms with van der Waals surface area (Å²) in [5.41, 5.74) is 0.722. The second-order valence-electron chi connectivity index (χ2n) is 8.69. The van der Waals surface area contributed by atoms with Crippen LogP contribution >= 0.6 is 23.2 Å². The topological polar surface area (TPSA) is 86.8 Å². The lowest BCUT2D eigenvalue weighted by Gasteiger charge is -2.32. The molecule has 1 saturated carbocycles. The van der Waals surface area contributed by atoms with E-state index in [2.05, 4.69) is 5.32 Å². The Balaban J connectivity index is 1.89. The molecule has 1 N–H and O–H groups in total. The quantitative estimate of drug-likeness (QED) is 0.508. The third-order valence-electron chi connectivity index (χ3n) is 5.98. The number of nitrogens with one attached hydrogen (secondary N) is 1. The Morgan fingerprint density at radius 2 is 1.83 bits per heavy atom. The predicted octanol–water partition coefficient (Wildman–Crippen LogP) is 4.37. The number of anilines is 1. The third-order valence-corrected chi connectivity index (χ3v) is 7.65. The third kappa shape index (κ3) is 7.32. The maximum Gasteiger partial charge on any atom is 0.244 e. The van der Waals surface area contributed by atoms with Crippen molar-refractivity contribution >= 4 is 50.7 Å². The minimum absolute atomic E-state index is 0.0398. The lowest BCUT2D eigenvalue weighted by Crippen LogP contribution is -2.52. The van der Waals surface area contributed by atoms with Gasteiger partial charge in [0.1, 0.15) is 18.4 Å². The van der Waals surface area contributed by atoms with Crippen molar-refractivity contribution in [2.24, 2.45) is 0 Å². The van der Waals surface area contributed by atoms with Crippen molar-refractivity contribution < 1.29 is 22.4 Å². The molecule has 1 aliphatic carbocycles. The Hall–Kier alpha value is -2.36. The monoisotopic (exact) mass is 543 g/mol. The van der Waals surface area contributed by atoms with Gasteiger partial charge < -0.3 is 10.2 Å². The fourth-order valence-corrected chi connectivity index (χ4v) is 5.29. The van der Waals surface area contributed by atoms with Gasteiger partial charge in [0, 0.05) is 17.6 Å². The average molecular weight is 544 g/mol. The van der Waals surface area contributed by atoms with Gasteiger partial charge in [-0.1, -0.05) is 48.2 Å². The van der Waals surface area contributed by atoms with E-state index < -0.39 is 34.3 Å². The first kappa shape index (κ1) is 27.2. The summed E-state index contributed by atoms with van der Waals surface area (Å²) in [7, 11) is -3.94. The lowest BCUT2D eigenvalue weighted by atomic mass is 10.1. The van der Waals surface area contributed by atoms with Gasteiger partial charge in [-0.15, -0.1) is 0 Å². The van der Waals surface area contributed by atoms with Crippen molar-refractivity contribution in [1.82, 2.24) is 10.2 Å². The summed E-state index contributed by atoms with van der Waals surface area (Å²) in [4.78, 5) is 27.8. The molecule has 0 aliphatic heterocycles. The molecule has 190 valence electrons. The number of carbonyl (C=O) groups excluding carboxylic acids is 2. The summed E-state index contributed by atoms with van der Waals surface area (Å²) in [6, 6.07) is 9.45. The molecule has 0 radical (unpaired) electrons. The van der Waals surface area contributed by atoms with Gasteiger partial charge in [0.25, 0.3) is 0 Å². The van der Waals surface area contributed by atoms with E-state index in [4.69, 9.17) is 23.2 Å². The Bertz CT molecular complexity index is 1190. The normalized spacial score (nSPS) is 15.0. The van der Waals surface area contributed by atoms with Crippen LogP contribution in [0.15, 0.2) is 42.5 Å². The number of nitrogens with zero attached hydrogens (tertiary/aromatic N) is 2. The van der Waals surface area contributed by atoms with Gasteiger partial charge in [0.05, 0.1) is 17.0 Å². The Morgan fingerprint density at radius 3 is 2.43 bits per heavy atom. The standard InChI is InChI=1S/C24H28Cl2FN3O4S/c1-16(24(32)28-19-8-3-4-9-19)29(14-17-6-5-7-18(25)12-17)23(31)15-30(35(2,33)34)20-10-11-22(27)21(26)13-20/h5-7,10-13,16,19H,3-4,8-9,14-15H2,1-2H3,(H,28,32)/t16-/m1/s1. The molecule has 0 bridgehead atoms. The maximum atomic E-state index is 13.7. The summed E-state index contributed by atoms with van der Waals surface area (Å²) >= 11 is 11.9. The van der Waals surface area contributed by atoms with Crippen LogP contribution in [0.1, 0.15) is 38.2 Å². The molecule has 0 heterocycles. The molecule has 0 aromatic heterocycles. The molecule has 2 aromatic carbocycles. The zero-order valence-corrected chi connectivity index (χ0v) is 21.8. The maximum absolute atomic E-state index is 13.7. The SMILES string of the molecule is C[C@H](C(=O)NC1CCCC1)N(Cc1cccc(Cl)c1)C(=O)CN(c1ccc(F)c(Cl)c1)S(C)(=O)=O. The molecular weight excluding hydrogens is 516 g/mol. The Kier molecular flexibility index (Phi) is 9.01. The number of hydrogen-bond acceptors (Lipinski definition) is 4. The zero-order valence-electron chi connectivity index (χ0n) is 19.5. The summed E-state index contributed by atoms with van der Waals surface area (Å²) in [5.74, 6) is -1.64. The minimum atomic E-state index is -3.94. The van der Waals surface area contributed by atoms with Crippen LogP contribution in [0, 0.1) is 5.82 Å². The zero-order chi connectivity index (χ0) is 25.8. The Morgan fingerprint density at radius 1 is 1.14 bits per heavy atom. The molecule has 0 spiro atoms. The van der Waals surface area contributed by atoms with E-state index in [1.54, 1.807) is 31.2 Å². The van der Waals surface area contributed by atoms with E-state index in [9.17, 15) is 22.4 Å². The van der Waals surface area contributed by atoms with Crippen molar-refractivity contribution in [1.29, 1.82) is 0 Å². The smallest absolute Gasteiger partial charge is 0.244 e. The van der Waals surface area contributed by atoms with Gasteiger partial charge in [-0.3, -0.25) is 13.9 Å². The molecule has 11 heteroatoms. The van der Waals surface area contributed by atoms with Crippen LogP contribution in [0.25, 0.3) is 0 Å². The number of amides is 2. The minimum Gasteiger partial charge on any atom is -0.352 e. The Labute approximate surface area is 215 Å². The summed E-state index contributed by atoms with van der Waals surface area (Å²) in [6.45, 7) is 1.05. The van der Waals surface area contributed by atoms with Gasteiger partial charge in [0.15, 0.2) is 0 Å². The summed E-state index contributed by atoms with van der Waals surface area (Å²) in [6.07, 6.45) is 4.78. The van der Waals surface area contributed by atoms with Crippen LogP contribution in [-0.2, 0) is 26.2 Å². The van der Waals surface area contributed by atoms with Gasteiger partial charge in [-0.25, -0.2) is 12.8 Å². The fraction of sp³-hybridized carbons (Fsp3) is 0.417. The van der Waals surface area contributed by atoms with E-state index in [-0.39, 0.29) is 29.2 Å². The highest BCUT2D eigenvalue weighted by Gasteiger charge is 2.31. The predicted molar refractivity (Wildman–Crippen MR) is 135 cm³/mol. The molecule has 2 amide bonds.